The standard InChI is InChI=1S/C19H12BrClN4O/c20-13-2-1-3-14(8-13)25-19-12(10-22)11-23-17-5-4-15(9-16(17)19)24-18(26)6-7-21/h1-9,11H,(H,23,25)(H,24,26). The van der Waals surface area contributed by atoms with Crippen molar-refractivity contribution in [1.29, 1.82) is 5.26 Å². The van der Waals surface area contributed by atoms with Gasteiger partial charge in [0.2, 0.25) is 5.91 Å². The second-order valence-electron chi connectivity index (χ2n) is 5.31. The molecule has 3 rings (SSSR count). The average Bonchev–Trinajstić information content (AvgIpc) is 2.62. The van der Waals surface area contributed by atoms with Gasteiger partial charge in [-0.2, -0.15) is 5.26 Å². The van der Waals surface area contributed by atoms with Crippen molar-refractivity contribution in [2.75, 3.05) is 10.6 Å². The normalized spacial score (nSPS) is 10.7. The molecule has 0 aliphatic heterocycles. The zero-order valence-electron chi connectivity index (χ0n) is 13.3. The third kappa shape index (κ3) is 4.02. The number of hydrogen-bond donors (Lipinski definition) is 2. The van der Waals surface area contributed by atoms with Gasteiger partial charge in [0.1, 0.15) is 6.07 Å². The average molecular weight is 428 g/mol. The number of benzene rings is 2. The molecule has 0 bridgehead atoms. The van der Waals surface area contributed by atoms with Gasteiger partial charge in [-0.15, -0.1) is 0 Å². The lowest BCUT2D eigenvalue weighted by Crippen LogP contribution is -2.07. The maximum absolute atomic E-state index is 11.7. The molecule has 0 unspecified atom stereocenters. The van der Waals surface area contributed by atoms with E-state index in [2.05, 4.69) is 37.6 Å². The molecule has 1 aromatic heterocycles. The number of nitrogens with one attached hydrogen (secondary N) is 2. The summed E-state index contributed by atoms with van der Waals surface area (Å²) in [6.07, 6.45) is 2.74. The number of carbonyl (C=O) groups is 1. The summed E-state index contributed by atoms with van der Waals surface area (Å²) < 4.78 is 0.917. The predicted octanol–water partition coefficient (Wildman–Crippen LogP) is 5.30. The predicted molar refractivity (Wildman–Crippen MR) is 108 cm³/mol. The summed E-state index contributed by atoms with van der Waals surface area (Å²) in [4.78, 5) is 16.0. The Morgan fingerprint density at radius 3 is 2.81 bits per heavy atom. The summed E-state index contributed by atoms with van der Waals surface area (Å²) in [6.45, 7) is 0. The van der Waals surface area contributed by atoms with Gasteiger partial charge in [0.15, 0.2) is 0 Å². The van der Waals surface area contributed by atoms with E-state index in [-0.39, 0.29) is 5.91 Å². The summed E-state index contributed by atoms with van der Waals surface area (Å²) >= 11 is 8.86. The Labute approximate surface area is 163 Å². The Morgan fingerprint density at radius 1 is 1.23 bits per heavy atom. The smallest absolute Gasteiger partial charge is 0.249 e. The molecule has 0 saturated carbocycles. The van der Waals surface area contributed by atoms with E-state index in [0.717, 1.165) is 21.1 Å². The van der Waals surface area contributed by atoms with E-state index in [0.29, 0.717) is 22.5 Å². The molecule has 0 aliphatic carbocycles. The highest BCUT2D eigenvalue weighted by molar-refractivity contribution is 9.10. The van der Waals surface area contributed by atoms with Gasteiger partial charge in [0.25, 0.3) is 0 Å². The SMILES string of the molecule is N#Cc1cnc2ccc(NC(=O)C=CCl)cc2c1Nc1cccc(Br)c1. The van der Waals surface area contributed by atoms with E-state index >= 15 is 0 Å². The van der Waals surface area contributed by atoms with Crippen LogP contribution in [-0.4, -0.2) is 10.9 Å². The number of anilines is 3. The third-order valence-electron chi connectivity index (χ3n) is 3.56. The fourth-order valence-corrected chi connectivity index (χ4v) is 2.96. The Balaban J connectivity index is 2.09. The molecule has 3 aromatic rings. The van der Waals surface area contributed by atoms with E-state index < -0.39 is 0 Å². The molecule has 0 radical (unpaired) electrons. The van der Waals surface area contributed by atoms with Crippen LogP contribution in [0.1, 0.15) is 5.56 Å². The van der Waals surface area contributed by atoms with Crippen LogP contribution in [0.3, 0.4) is 0 Å². The van der Waals surface area contributed by atoms with Gasteiger partial charge in [-0.1, -0.05) is 33.6 Å². The Bertz CT molecular complexity index is 1060. The molecule has 1 amide bonds. The molecule has 0 atom stereocenters. The van der Waals surface area contributed by atoms with Crippen LogP contribution >= 0.6 is 27.5 Å². The lowest BCUT2D eigenvalue weighted by Gasteiger charge is -2.13. The Kier molecular flexibility index (Phi) is 5.52. The maximum atomic E-state index is 11.7. The van der Waals surface area contributed by atoms with Crippen molar-refractivity contribution in [3.8, 4) is 6.07 Å². The number of pyridine rings is 1. The summed E-state index contributed by atoms with van der Waals surface area (Å²) in [5, 5.41) is 16.2. The molecule has 1 heterocycles. The fraction of sp³-hybridized carbons (Fsp3) is 0. The second-order valence-corrected chi connectivity index (χ2v) is 6.48. The summed E-state index contributed by atoms with van der Waals surface area (Å²) in [5.74, 6) is -0.342. The van der Waals surface area contributed by atoms with Crippen LogP contribution in [-0.2, 0) is 4.79 Å². The van der Waals surface area contributed by atoms with Gasteiger partial charge in [-0.3, -0.25) is 9.78 Å². The van der Waals surface area contributed by atoms with Crippen molar-refractivity contribution in [2.24, 2.45) is 0 Å². The number of aromatic nitrogens is 1. The minimum atomic E-state index is -0.342. The van der Waals surface area contributed by atoms with E-state index in [9.17, 15) is 10.1 Å². The van der Waals surface area contributed by atoms with E-state index in [1.54, 1.807) is 18.2 Å². The number of nitriles is 1. The van der Waals surface area contributed by atoms with E-state index in [1.165, 1.54) is 12.3 Å². The van der Waals surface area contributed by atoms with Crippen molar-refractivity contribution in [3.63, 3.8) is 0 Å². The molecule has 0 fully saturated rings. The van der Waals surface area contributed by atoms with Crippen molar-refractivity contribution < 1.29 is 4.79 Å². The van der Waals surface area contributed by atoms with Gasteiger partial charge in [0, 0.05) is 39.0 Å². The number of halogens is 2. The summed E-state index contributed by atoms with van der Waals surface area (Å²) in [6, 6.07) is 15.1. The highest BCUT2D eigenvalue weighted by Gasteiger charge is 2.11. The van der Waals surface area contributed by atoms with Crippen molar-refractivity contribution in [3.05, 3.63) is 70.3 Å². The van der Waals surface area contributed by atoms with Gasteiger partial charge in [-0.25, -0.2) is 0 Å². The largest absolute Gasteiger partial charge is 0.354 e. The van der Waals surface area contributed by atoms with Gasteiger partial charge in [-0.05, 0) is 36.4 Å². The van der Waals surface area contributed by atoms with Crippen molar-refractivity contribution >= 4 is 61.4 Å². The molecule has 0 spiro atoms. The van der Waals surface area contributed by atoms with Crippen molar-refractivity contribution in [1.82, 2.24) is 4.98 Å². The topological polar surface area (TPSA) is 77.8 Å². The molecule has 0 saturated heterocycles. The van der Waals surface area contributed by atoms with Crippen LogP contribution < -0.4 is 10.6 Å². The quantitative estimate of drug-likeness (QED) is 0.554. The second kappa shape index (κ2) is 8.00. The Morgan fingerprint density at radius 2 is 2.08 bits per heavy atom. The number of carbonyl (C=O) groups excluding carboxylic acids is 1. The van der Waals surface area contributed by atoms with Crippen LogP contribution in [0.25, 0.3) is 10.9 Å². The molecule has 5 nitrogen and oxygen atoms in total. The third-order valence-corrected chi connectivity index (χ3v) is 4.18. The van der Waals surface area contributed by atoms with Gasteiger partial charge < -0.3 is 10.6 Å². The number of amides is 1. The van der Waals surface area contributed by atoms with Crippen LogP contribution in [0, 0.1) is 11.3 Å². The van der Waals surface area contributed by atoms with E-state index in [4.69, 9.17) is 11.6 Å². The summed E-state index contributed by atoms with van der Waals surface area (Å²) in [7, 11) is 0. The van der Waals surface area contributed by atoms with Crippen LogP contribution in [0.15, 0.2) is 64.7 Å². The minimum Gasteiger partial charge on any atom is -0.354 e. The number of nitrogens with zero attached hydrogens (tertiary/aromatic N) is 2. The lowest BCUT2D eigenvalue weighted by molar-refractivity contribution is -0.111. The molecule has 128 valence electrons. The first-order valence-corrected chi connectivity index (χ1v) is 8.77. The monoisotopic (exact) mass is 426 g/mol. The highest BCUT2D eigenvalue weighted by Crippen LogP contribution is 2.31. The molecule has 26 heavy (non-hydrogen) atoms. The number of fused-ring (bicyclic) bond motifs is 1. The number of rotatable bonds is 4. The first kappa shape index (κ1) is 17.9. The zero-order chi connectivity index (χ0) is 18.5. The van der Waals surface area contributed by atoms with Crippen LogP contribution in [0.5, 0.6) is 0 Å². The first-order valence-electron chi connectivity index (χ1n) is 7.54. The summed E-state index contributed by atoms with van der Waals surface area (Å²) in [5.41, 5.74) is 4.27. The number of hydrogen-bond acceptors (Lipinski definition) is 4. The lowest BCUT2D eigenvalue weighted by atomic mass is 10.1. The fourth-order valence-electron chi connectivity index (χ4n) is 2.44. The minimum absolute atomic E-state index is 0.342. The molecular formula is C19H12BrClN4O. The molecule has 7 heteroatoms. The molecule has 2 aromatic carbocycles. The zero-order valence-corrected chi connectivity index (χ0v) is 15.7. The van der Waals surface area contributed by atoms with Crippen LogP contribution in [0.4, 0.5) is 17.1 Å². The van der Waals surface area contributed by atoms with Crippen molar-refractivity contribution in [2.45, 2.75) is 0 Å². The first-order chi connectivity index (χ1) is 12.6. The molecular weight excluding hydrogens is 416 g/mol. The Hall–Kier alpha value is -2.88. The van der Waals surface area contributed by atoms with Gasteiger partial charge in [0.05, 0.1) is 16.8 Å². The molecule has 2 N–H and O–H groups in total. The van der Waals surface area contributed by atoms with Crippen LogP contribution in [0.2, 0.25) is 0 Å². The van der Waals surface area contributed by atoms with Gasteiger partial charge >= 0.3 is 0 Å². The maximum Gasteiger partial charge on any atom is 0.249 e. The highest BCUT2D eigenvalue weighted by atomic mass is 79.9. The van der Waals surface area contributed by atoms with E-state index in [1.807, 2.05) is 24.3 Å². The molecule has 0 aliphatic rings.